The van der Waals surface area contributed by atoms with Gasteiger partial charge in [-0.25, -0.2) is 18.7 Å². The zero-order chi connectivity index (χ0) is 27.2. The molecule has 9 nitrogen and oxygen atoms in total. The van der Waals surface area contributed by atoms with Crippen LogP contribution in [0.25, 0.3) is 11.2 Å². The summed E-state index contributed by atoms with van der Waals surface area (Å²) in [7, 11) is 0. The number of aliphatic hydroxyl groups is 1. The number of nitrogens with one attached hydrogen (secondary N) is 2. The molecule has 0 saturated heterocycles. The third kappa shape index (κ3) is 5.26. The fraction of sp³-hybridized carbons (Fsp3) is 0.538. The lowest BCUT2D eigenvalue weighted by Crippen LogP contribution is -2.41. The van der Waals surface area contributed by atoms with Crippen LogP contribution in [0.1, 0.15) is 64.8 Å². The molecule has 2 aliphatic carbocycles. The summed E-state index contributed by atoms with van der Waals surface area (Å²) in [6, 6.07) is 1.70. The maximum absolute atomic E-state index is 14.6. The minimum Gasteiger partial charge on any atom is -0.392 e. The Bertz CT molecular complexity index is 1330. The number of carbonyl (C=O) groups is 1. The summed E-state index contributed by atoms with van der Waals surface area (Å²) in [4.78, 5) is 25.5. The van der Waals surface area contributed by atoms with Gasteiger partial charge in [0.15, 0.2) is 11.5 Å². The summed E-state index contributed by atoms with van der Waals surface area (Å²) in [6.07, 6.45) is 5.98. The molecule has 38 heavy (non-hydrogen) atoms. The Labute approximate surface area is 224 Å². The van der Waals surface area contributed by atoms with Gasteiger partial charge in [0, 0.05) is 24.1 Å². The van der Waals surface area contributed by atoms with E-state index in [1.54, 1.807) is 6.20 Å². The number of fused-ring (bicyclic) bond motifs is 1. The number of amides is 1. The van der Waals surface area contributed by atoms with Crippen molar-refractivity contribution in [3.05, 3.63) is 35.0 Å². The number of primary amides is 1. The molecule has 0 bridgehead atoms. The molecule has 2 saturated carbocycles. The third-order valence-electron chi connectivity index (χ3n) is 8.02. The van der Waals surface area contributed by atoms with Crippen molar-refractivity contribution < 1.29 is 18.7 Å². The van der Waals surface area contributed by atoms with Crippen molar-refractivity contribution in [2.24, 2.45) is 17.1 Å². The predicted molar refractivity (Wildman–Crippen MR) is 141 cm³/mol. The van der Waals surface area contributed by atoms with Gasteiger partial charge in [0.1, 0.15) is 11.3 Å². The number of nitrogens with two attached hydrogens (primary N) is 1. The van der Waals surface area contributed by atoms with Gasteiger partial charge in [0.25, 0.3) is 0 Å². The number of aliphatic hydroxyl groups excluding tert-OH is 1. The number of anilines is 3. The number of aromatic nitrogens is 4. The van der Waals surface area contributed by atoms with Crippen molar-refractivity contribution in [2.75, 3.05) is 10.6 Å². The standard InChI is InChI=1S/C26H32ClF2N7O2/c1-26(2)8-7-15(11-20(26)37)32-24-31-12-19-23(35-24)36(16-5-3-13(4-6-16)22(30)38)25(33-19)34-21-17(27)9-14(28)10-18(21)29/h9-10,12-13,15-16,20,37H,3-8,11H2,1-2H3,(H2,30,38)(H,33,34)(H,31,32,35)/t13-,15-,16-,20-/m1/s1. The summed E-state index contributed by atoms with van der Waals surface area (Å²) >= 11 is 6.15. The molecular weight excluding hydrogens is 516 g/mol. The zero-order valence-electron chi connectivity index (χ0n) is 21.3. The number of rotatable bonds is 6. The van der Waals surface area contributed by atoms with Crippen molar-refractivity contribution >= 4 is 46.3 Å². The van der Waals surface area contributed by atoms with Crippen molar-refractivity contribution in [3.8, 4) is 0 Å². The lowest BCUT2D eigenvalue weighted by Gasteiger charge is -2.39. The Morgan fingerprint density at radius 1 is 1.18 bits per heavy atom. The Kier molecular flexibility index (Phi) is 7.17. The number of hydrogen-bond donors (Lipinski definition) is 4. The third-order valence-corrected chi connectivity index (χ3v) is 8.32. The first-order valence-corrected chi connectivity index (χ1v) is 13.3. The second kappa shape index (κ2) is 10.3. The minimum atomic E-state index is -0.849. The highest BCUT2D eigenvalue weighted by Crippen LogP contribution is 2.39. The molecule has 2 heterocycles. The molecule has 204 valence electrons. The Morgan fingerprint density at radius 2 is 1.92 bits per heavy atom. The number of hydrogen-bond acceptors (Lipinski definition) is 7. The van der Waals surface area contributed by atoms with E-state index in [-0.39, 0.29) is 46.0 Å². The Morgan fingerprint density at radius 3 is 2.58 bits per heavy atom. The van der Waals surface area contributed by atoms with E-state index in [1.807, 2.05) is 4.57 Å². The van der Waals surface area contributed by atoms with Crippen LogP contribution in [0.4, 0.5) is 26.4 Å². The number of halogens is 3. The predicted octanol–water partition coefficient (Wildman–Crippen LogP) is 5.07. The number of benzene rings is 1. The lowest BCUT2D eigenvalue weighted by molar-refractivity contribution is -0.122. The molecule has 2 fully saturated rings. The van der Waals surface area contributed by atoms with Crippen LogP contribution in [0.15, 0.2) is 18.3 Å². The van der Waals surface area contributed by atoms with Crippen molar-refractivity contribution in [3.63, 3.8) is 0 Å². The first-order chi connectivity index (χ1) is 18.0. The molecule has 1 aromatic carbocycles. The maximum Gasteiger partial charge on any atom is 0.224 e. The van der Waals surface area contributed by atoms with Crippen molar-refractivity contribution in [1.82, 2.24) is 19.5 Å². The van der Waals surface area contributed by atoms with E-state index >= 15 is 0 Å². The lowest BCUT2D eigenvalue weighted by atomic mass is 9.73. The minimum absolute atomic E-state index is 0.0163. The zero-order valence-corrected chi connectivity index (χ0v) is 22.1. The number of imidazole rings is 1. The molecule has 2 aliphatic rings. The fourth-order valence-electron chi connectivity index (χ4n) is 5.52. The monoisotopic (exact) mass is 547 g/mol. The van der Waals surface area contributed by atoms with Crippen LogP contribution in [0, 0.1) is 23.0 Å². The average molecular weight is 548 g/mol. The van der Waals surface area contributed by atoms with Gasteiger partial charge in [0.05, 0.1) is 23.0 Å². The van der Waals surface area contributed by atoms with Gasteiger partial charge >= 0.3 is 0 Å². The second-order valence-electron chi connectivity index (χ2n) is 11.1. The number of carbonyl (C=O) groups excluding carboxylic acids is 1. The van der Waals surface area contributed by atoms with Gasteiger partial charge in [-0.1, -0.05) is 25.4 Å². The summed E-state index contributed by atoms with van der Waals surface area (Å²) in [5, 5.41) is 16.7. The van der Waals surface area contributed by atoms with Crippen molar-refractivity contribution in [2.45, 2.75) is 77.0 Å². The van der Waals surface area contributed by atoms with Crippen LogP contribution >= 0.6 is 11.6 Å². The molecule has 0 radical (unpaired) electrons. The molecule has 5 N–H and O–H groups in total. The highest BCUT2D eigenvalue weighted by molar-refractivity contribution is 6.33. The summed E-state index contributed by atoms with van der Waals surface area (Å²) in [5.41, 5.74) is 6.31. The van der Waals surface area contributed by atoms with Gasteiger partial charge in [0.2, 0.25) is 17.8 Å². The van der Waals surface area contributed by atoms with Gasteiger partial charge in [-0.3, -0.25) is 9.36 Å². The van der Waals surface area contributed by atoms with Crippen LogP contribution in [-0.4, -0.2) is 42.7 Å². The van der Waals surface area contributed by atoms with Crippen LogP contribution in [0.2, 0.25) is 5.02 Å². The summed E-state index contributed by atoms with van der Waals surface area (Å²) < 4.78 is 30.2. The van der Waals surface area contributed by atoms with Gasteiger partial charge in [-0.15, -0.1) is 0 Å². The smallest absolute Gasteiger partial charge is 0.224 e. The normalized spacial score (nSPS) is 25.3. The topological polar surface area (TPSA) is 131 Å². The summed E-state index contributed by atoms with van der Waals surface area (Å²) in [5.74, 6) is -1.46. The largest absolute Gasteiger partial charge is 0.392 e. The Hall–Kier alpha value is -3.05. The van der Waals surface area contributed by atoms with E-state index in [1.165, 1.54) is 0 Å². The van der Waals surface area contributed by atoms with Crippen molar-refractivity contribution in [1.29, 1.82) is 0 Å². The SMILES string of the molecule is CC1(C)CC[C@@H](Nc2ncc3nc(Nc4c(F)cc(F)cc4Cl)n([C@H]4CC[C@H](C(N)=O)CC4)c3n2)C[C@H]1O. The van der Waals surface area contributed by atoms with E-state index in [0.717, 1.165) is 25.0 Å². The van der Waals surface area contributed by atoms with Crippen LogP contribution in [-0.2, 0) is 4.79 Å². The quantitative estimate of drug-likeness (QED) is 0.339. The second-order valence-corrected chi connectivity index (χ2v) is 11.5. The highest BCUT2D eigenvalue weighted by Gasteiger charge is 2.35. The Balaban J connectivity index is 1.49. The van der Waals surface area contributed by atoms with E-state index in [9.17, 15) is 18.7 Å². The first-order valence-electron chi connectivity index (χ1n) is 12.9. The molecule has 3 aromatic rings. The van der Waals surface area contributed by atoms with E-state index in [4.69, 9.17) is 22.3 Å². The molecule has 12 heteroatoms. The molecule has 2 aromatic heterocycles. The van der Waals surface area contributed by atoms with Crippen LogP contribution < -0.4 is 16.4 Å². The van der Waals surface area contributed by atoms with Crippen LogP contribution in [0.5, 0.6) is 0 Å². The fourth-order valence-corrected chi connectivity index (χ4v) is 5.76. The highest BCUT2D eigenvalue weighted by atomic mass is 35.5. The molecule has 0 spiro atoms. The number of nitrogens with zero attached hydrogens (tertiary/aromatic N) is 4. The molecule has 2 atom stereocenters. The molecule has 0 unspecified atom stereocenters. The van der Waals surface area contributed by atoms with E-state index in [2.05, 4.69) is 34.4 Å². The summed E-state index contributed by atoms with van der Waals surface area (Å²) in [6.45, 7) is 4.12. The van der Waals surface area contributed by atoms with Crippen LogP contribution in [0.3, 0.4) is 0 Å². The molecule has 5 rings (SSSR count). The van der Waals surface area contributed by atoms with Gasteiger partial charge in [-0.05, 0) is 56.4 Å². The molecule has 0 aliphatic heterocycles. The van der Waals surface area contributed by atoms with E-state index in [0.29, 0.717) is 49.2 Å². The maximum atomic E-state index is 14.6. The van der Waals surface area contributed by atoms with E-state index < -0.39 is 17.7 Å². The molecular formula is C26H32ClF2N7O2. The first kappa shape index (κ1) is 26.6. The van der Waals surface area contributed by atoms with Gasteiger partial charge in [-0.2, -0.15) is 4.98 Å². The average Bonchev–Trinajstić information content (AvgIpc) is 3.21. The van der Waals surface area contributed by atoms with Gasteiger partial charge < -0.3 is 21.5 Å². The molecule has 1 amide bonds.